The van der Waals surface area contributed by atoms with Crippen molar-refractivity contribution in [2.24, 2.45) is 0 Å². The minimum atomic E-state index is -3.44. The van der Waals surface area contributed by atoms with Gasteiger partial charge in [-0.3, -0.25) is 9.59 Å². The molecule has 0 aliphatic heterocycles. The third-order valence-electron chi connectivity index (χ3n) is 3.95. The molecule has 0 aromatic heterocycles. The number of nitrogens with one attached hydrogen (secondary N) is 1. The normalized spacial score (nSPS) is 12.1. The minimum absolute atomic E-state index is 0.0455. The van der Waals surface area contributed by atoms with Gasteiger partial charge in [0.25, 0.3) is 5.91 Å². The first-order valence-corrected chi connectivity index (χ1v) is 9.95. The number of sulfone groups is 1. The minimum Gasteiger partial charge on any atom is -0.497 e. The lowest BCUT2D eigenvalue weighted by molar-refractivity contribution is -0.141. The molecule has 0 unspecified atom stereocenters. The van der Waals surface area contributed by atoms with Crippen LogP contribution >= 0.6 is 0 Å². The molecule has 2 aromatic carbocycles. The van der Waals surface area contributed by atoms with Crippen LogP contribution in [0.5, 0.6) is 5.75 Å². The lowest BCUT2D eigenvalue weighted by Crippen LogP contribution is -2.30. The van der Waals surface area contributed by atoms with Crippen LogP contribution in [0.1, 0.15) is 28.4 Å². The molecule has 0 aliphatic rings. The van der Waals surface area contributed by atoms with Crippen LogP contribution in [0.3, 0.4) is 0 Å². The maximum absolute atomic E-state index is 12.6. The van der Waals surface area contributed by atoms with Gasteiger partial charge in [0.1, 0.15) is 5.75 Å². The fourth-order valence-corrected chi connectivity index (χ4v) is 3.11. The zero-order valence-corrected chi connectivity index (χ0v) is 16.1. The zero-order valence-electron chi connectivity index (χ0n) is 15.3. The number of benzene rings is 2. The Hall–Kier alpha value is -2.87. The molecule has 0 bridgehead atoms. The molecule has 1 amide bonds. The van der Waals surface area contributed by atoms with Gasteiger partial charge in [-0.05, 0) is 35.9 Å². The molecule has 1 N–H and O–H groups in total. The molecule has 0 saturated carbocycles. The van der Waals surface area contributed by atoms with Gasteiger partial charge >= 0.3 is 5.97 Å². The number of hydrogen-bond donors (Lipinski definition) is 1. The van der Waals surface area contributed by atoms with Gasteiger partial charge in [0.15, 0.2) is 9.84 Å². The quantitative estimate of drug-likeness (QED) is 0.726. The zero-order chi connectivity index (χ0) is 20.0. The van der Waals surface area contributed by atoms with Crippen LogP contribution in [0.4, 0.5) is 0 Å². The van der Waals surface area contributed by atoms with E-state index in [-0.39, 0.29) is 16.9 Å². The molecule has 144 valence electrons. The van der Waals surface area contributed by atoms with Crippen molar-refractivity contribution in [3.63, 3.8) is 0 Å². The molecular formula is C19H21NO6S. The summed E-state index contributed by atoms with van der Waals surface area (Å²) in [5.41, 5.74) is 0.870. The van der Waals surface area contributed by atoms with Gasteiger partial charge in [-0.1, -0.05) is 18.2 Å². The third-order valence-corrected chi connectivity index (χ3v) is 5.06. The molecule has 0 heterocycles. The molecule has 2 rings (SSSR count). The molecule has 0 saturated heterocycles. The van der Waals surface area contributed by atoms with E-state index < -0.39 is 27.8 Å². The third kappa shape index (κ3) is 5.55. The summed E-state index contributed by atoms with van der Waals surface area (Å²) < 4.78 is 33.2. The Kier molecular flexibility index (Phi) is 6.57. The van der Waals surface area contributed by atoms with E-state index in [4.69, 9.17) is 9.47 Å². The van der Waals surface area contributed by atoms with Gasteiger partial charge in [0, 0.05) is 11.8 Å². The average molecular weight is 391 g/mol. The highest BCUT2D eigenvalue weighted by Crippen LogP contribution is 2.22. The molecule has 27 heavy (non-hydrogen) atoms. The largest absolute Gasteiger partial charge is 0.497 e. The summed E-state index contributed by atoms with van der Waals surface area (Å²) in [5, 5.41) is 2.76. The summed E-state index contributed by atoms with van der Waals surface area (Å²) in [6.45, 7) is 0. The summed E-state index contributed by atoms with van der Waals surface area (Å²) in [6, 6.07) is 12.0. The van der Waals surface area contributed by atoms with E-state index in [1.807, 2.05) is 0 Å². The van der Waals surface area contributed by atoms with Crippen molar-refractivity contribution in [1.82, 2.24) is 5.32 Å². The van der Waals surface area contributed by atoms with Crippen LogP contribution in [0.25, 0.3) is 0 Å². The number of carbonyl (C=O) groups is 2. The summed E-state index contributed by atoms with van der Waals surface area (Å²) in [6.07, 6.45) is 1.00. The predicted octanol–water partition coefficient (Wildman–Crippen LogP) is 2.13. The number of amides is 1. The number of carbonyl (C=O) groups excluding carboxylic acids is 2. The second-order valence-corrected chi connectivity index (χ2v) is 7.90. The summed E-state index contributed by atoms with van der Waals surface area (Å²) in [7, 11) is -0.630. The fourth-order valence-electron chi connectivity index (χ4n) is 2.45. The lowest BCUT2D eigenvalue weighted by atomic mass is 10.0. The van der Waals surface area contributed by atoms with E-state index in [2.05, 4.69) is 5.32 Å². The highest BCUT2D eigenvalue weighted by atomic mass is 32.2. The summed E-state index contributed by atoms with van der Waals surface area (Å²) >= 11 is 0. The summed E-state index contributed by atoms with van der Waals surface area (Å²) in [4.78, 5) is 24.4. The molecular weight excluding hydrogens is 370 g/mol. The van der Waals surface area contributed by atoms with Crippen molar-refractivity contribution in [1.29, 1.82) is 0 Å². The van der Waals surface area contributed by atoms with Crippen LogP contribution in [0, 0.1) is 0 Å². The topological polar surface area (TPSA) is 98.8 Å². The van der Waals surface area contributed by atoms with E-state index in [1.54, 1.807) is 24.3 Å². The average Bonchev–Trinajstić information content (AvgIpc) is 2.66. The molecule has 0 spiro atoms. The van der Waals surface area contributed by atoms with E-state index in [9.17, 15) is 18.0 Å². The SMILES string of the molecule is COC(=O)C[C@H](NC(=O)c1cccc(S(C)(=O)=O)c1)c1ccc(OC)cc1. The molecule has 0 aliphatic carbocycles. The van der Waals surface area contributed by atoms with Crippen molar-refractivity contribution < 1.29 is 27.5 Å². The Morgan fingerprint density at radius 1 is 1.07 bits per heavy atom. The fraction of sp³-hybridized carbons (Fsp3) is 0.263. The van der Waals surface area contributed by atoms with Crippen LogP contribution < -0.4 is 10.1 Å². The second kappa shape index (κ2) is 8.68. The van der Waals surface area contributed by atoms with Gasteiger partial charge in [0.05, 0.1) is 31.6 Å². The molecule has 7 nitrogen and oxygen atoms in total. The van der Waals surface area contributed by atoms with Gasteiger partial charge < -0.3 is 14.8 Å². The van der Waals surface area contributed by atoms with Crippen molar-refractivity contribution in [2.75, 3.05) is 20.5 Å². The van der Waals surface area contributed by atoms with Crippen LogP contribution in [0.15, 0.2) is 53.4 Å². The van der Waals surface area contributed by atoms with Crippen molar-refractivity contribution in [3.8, 4) is 5.75 Å². The molecule has 0 radical (unpaired) electrons. The number of hydrogen-bond acceptors (Lipinski definition) is 6. The maximum atomic E-state index is 12.6. The van der Waals surface area contributed by atoms with E-state index >= 15 is 0 Å². The highest BCUT2D eigenvalue weighted by molar-refractivity contribution is 7.90. The Balaban J connectivity index is 2.28. The Labute approximate surface area is 158 Å². The highest BCUT2D eigenvalue weighted by Gasteiger charge is 2.20. The van der Waals surface area contributed by atoms with E-state index in [1.165, 1.54) is 38.5 Å². The van der Waals surface area contributed by atoms with Crippen molar-refractivity contribution in [2.45, 2.75) is 17.4 Å². The Morgan fingerprint density at radius 3 is 2.30 bits per heavy atom. The number of methoxy groups -OCH3 is 2. The second-order valence-electron chi connectivity index (χ2n) is 5.88. The summed E-state index contributed by atoms with van der Waals surface area (Å²) in [5.74, 6) is -0.339. The molecule has 1 atom stereocenters. The van der Waals surface area contributed by atoms with Gasteiger partial charge in [0.2, 0.25) is 0 Å². The lowest BCUT2D eigenvalue weighted by Gasteiger charge is -2.19. The predicted molar refractivity (Wildman–Crippen MR) is 99.4 cm³/mol. The number of rotatable bonds is 7. The van der Waals surface area contributed by atoms with Crippen LogP contribution in [-0.2, 0) is 19.4 Å². The Bertz CT molecular complexity index is 921. The maximum Gasteiger partial charge on any atom is 0.307 e. The first-order chi connectivity index (χ1) is 12.7. The van der Waals surface area contributed by atoms with Crippen LogP contribution in [0.2, 0.25) is 0 Å². The van der Waals surface area contributed by atoms with Gasteiger partial charge in [-0.2, -0.15) is 0 Å². The van der Waals surface area contributed by atoms with E-state index in [0.717, 1.165) is 6.26 Å². The van der Waals surface area contributed by atoms with E-state index in [0.29, 0.717) is 11.3 Å². The van der Waals surface area contributed by atoms with Gasteiger partial charge in [-0.25, -0.2) is 8.42 Å². The smallest absolute Gasteiger partial charge is 0.307 e. The number of esters is 1. The molecule has 2 aromatic rings. The number of ether oxygens (including phenoxy) is 2. The molecule has 0 fully saturated rings. The first kappa shape index (κ1) is 20.4. The monoisotopic (exact) mass is 391 g/mol. The van der Waals surface area contributed by atoms with Gasteiger partial charge in [-0.15, -0.1) is 0 Å². The molecule has 8 heteroatoms. The van der Waals surface area contributed by atoms with Crippen molar-refractivity contribution >= 4 is 21.7 Å². The Morgan fingerprint density at radius 2 is 1.74 bits per heavy atom. The standard InChI is InChI=1S/C19H21NO6S/c1-25-15-9-7-13(8-10-15)17(12-18(21)26-2)20-19(22)14-5-4-6-16(11-14)27(3,23)24/h4-11,17H,12H2,1-3H3,(H,20,22)/t17-/m0/s1. The van der Waals surface area contributed by atoms with Crippen LogP contribution in [-0.4, -0.2) is 40.8 Å². The van der Waals surface area contributed by atoms with Crippen molar-refractivity contribution in [3.05, 3.63) is 59.7 Å². The first-order valence-electron chi connectivity index (χ1n) is 8.06.